The third-order valence-electron chi connectivity index (χ3n) is 3.54. The molecule has 0 saturated heterocycles. The topological polar surface area (TPSA) is 55.6 Å². The van der Waals surface area contributed by atoms with Gasteiger partial charge in [0.15, 0.2) is 0 Å². The minimum atomic E-state index is -0.519. The molecule has 1 amide bonds. The standard InChI is InChI=1S/C12H24N2O2/c1-9-4-6-10(7-5-9)14(2)12(15)11(13)8-16-3/h9-11H,4-8,13H2,1-3H3. The van der Waals surface area contributed by atoms with Gasteiger partial charge in [-0.2, -0.15) is 0 Å². The summed E-state index contributed by atoms with van der Waals surface area (Å²) >= 11 is 0. The third-order valence-corrected chi connectivity index (χ3v) is 3.54. The molecule has 1 unspecified atom stereocenters. The van der Waals surface area contributed by atoms with Crippen molar-refractivity contribution < 1.29 is 9.53 Å². The molecule has 2 N–H and O–H groups in total. The zero-order valence-electron chi connectivity index (χ0n) is 10.6. The minimum Gasteiger partial charge on any atom is -0.383 e. The Bertz CT molecular complexity index is 225. The van der Waals surface area contributed by atoms with Crippen molar-refractivity contribution >= 4 is 5.91 Å². The van der Waals surface area contributed by atoms with E-state index in [0.29, 0.717) is 12.6 Å². The van der Waals surface area contributed by atoms with Crippen LogP contribution in [0.2, 0.25) is 0 Å². The van der Waals surface area contributed by atoms with Gasteiger partial charge in [-0.3, -0.25) is 4.79 Å². The molecule has 1 rings (SSSR count). The van der Waals surface area contributed by atoms with E-state index in [9.17, 15) is 4.79 Å². The zero-order chi connectivity index (χ0) is 12.1. The van der Waals surface area contributed by atoms with E-state index in [0.717, 1.165) is 18.8 Å². The van der Waals surface area contributed by atoms with Gasteiger partial charge in [0.25, 0.3) is 0 Å². The van der Waals surface area contributed by atoms with Crippen molar-refractivity contribution in [2.45, 2.75) is 44.7 Å². The molecule has 4 nitrogen and oxygen atoms in total. The van der Waals surface area contributed by atoms with Gasteiger partial charge in [0.2, 0.25) is 5.91 Å². The Morgan fingerprint density at radius 3 is 2.50 bits per heavy atom. The lowest BCUT2D eigenvalue weighted by Gasteiger charge is -2.34. The first-order chi connectivity index (χ1) is 7.56. The minimum absolute atomic E-state index is 0.00130. The van der Waals surface area contributed by atoms with Crippen LogP contribution in [0.5, 0.6) is 0 Å². The van der Waals surface area contributed by atoms with Gasteiger partial charge >= 0.3 is 0 Å². The second-order valence-corrected chi connectivity index (χ2v) is 4.92. The number of nitrogens with zero attached hydrogens (tertiary/aromatic N) is 1. The molecule has 0 aromatic heterocycles. The van der Waals surface area contributed by atoms with Crippen molar-refractivity contribution in [3.8, 4) is 0 Å². The number of likely N-dealkylation sites (N-methyl/N-ethyl adjacent to an activating group) is 1. The summed E-state index contributed by atoms with van der Waals surface area (Å²) in [6.07, 6.45) is 4.62. The van der Waals surface area contributed by atoms with Gasteiger partial charge in [-0.15, -0.1) is 0 Å². The van der Waals surface area contributed by atoms with Crippen LogP contribution in [0.1, 0.15) is 32.6 Å². The van der Waals surface area contributed by atoms with Gasteiger partial charge in [0.1, 0.15) is 6.04 Å². The first-order valence-electron chi connectivity index (χ1n) is 6.07. The number of hydrogen-bond donors (Lipinski definition) is 1. The van der Waals surface area contributed by atoms with E-state index in [1.165, 1.54) is 12.8 Å². The third kappa shape index (κ3) is 3.46. The summed E-state index contributed by atoms with van der Waals surface area (Å²) in [4.78, 5) is 13.7. The molecule has 0 aliphatic heterocycles. The van der Waals surface area contributed by atoms with E-state index in [-0.39, 0.29) is 5.91 Å². The molecule has 16 heavy (non-hydrogen) atoms. The molecular formula is C12H24N2O2. The second kappa shape index (κ2) is 6.21. The first-order valence-corrected chi connectivity index (χ1v) is 6.07. The molecule has 4 heteroatoms. The maximum Gasteiger partial charge on any atom is 0.241 e. The Hall–Kier alpha value is -0.610. The molecule has 0 aromatic carbocycles. The molecule has 0 spiro atoms. The Labute approximate surface area is 98.1 Å². The lowest BCUT2D eigenvalue weighted by atomic mass is 9.86. The number of nitrogens with two attached hydrogens (primary N) is 1. The number of methoxy groups -OCH3 is 1. The van der Waals surface area contributed by atoms with E-state index in [1.54, 1.807) is 7.11 Å². The largest absolute Gasteiger partial charge is 0.383 e. The average molecular weight is 228 g/mol. The summed E-state index contributed by atoms with van der Waals surface area (Å²) in [7, 11) is 3.42. The number of carbonyl (C=O) groups is 1. The predicted molar refractivity (Wildman–Crippen MR) is 64.0 cm³/mol. The SMILES string of the molecule is COCC(N)C(=O)N(C)C1CCC(C)CC1. The molecular weight excluding hydrogens is 204 g/mol. The van der Waals surface area contributed by atoms with Crippen molar-refractivity contribution in [3.05, 3.63) is 0 Å². The number of rotatable bonds is 4. The quantitative estimate of drug-likeness (QED) is 0.781. The van der Waals surface area contributed by atoms with Crippen LogP contribution in [0.25, 0.3) is 0 Å². The number of carbonyl (C=O) groups excluding carboxylic acids is 1. The van der Waals surface area contributed by atoms with E-state index in [4.69, 9.17) is 10.5 Å². The van der Waals surface area contributed by atoms with Crippen LogP contribution in [-0.4, -0.2) is 43.7 Å². The van der Waals surface area contributed by atoms with Gasteiger partial charge < -0.3 is 15.4 Å². The molecule has 1 fully saturated rings. The first kappa shape index (κ1) is 13.5. The van der Waals surface area contributed by atoms with Crippen LogP contribution in [0.3, 0.4) is 0 Å². The summed E-state index contributed by atoms with van der Waals surface area (Å²) in [5.74, 6) is 0.800. The Morgan fingerprint density at radius 1 is 1.44 bits per heavy atom. The Morgan fingerprint density at radius 2 is 2.00 bits per heavy atom. The van der Waals surface area contributed by atoms with Crippen LogP contribution in [-0.2, 0) is 9.53 Å². The molecule has 1 aliphatic carbocycles. The van der Waals surface area contributed by atoms with Gasteiger partial charge in [-0.1, -0.05) is 6.92 Å². The van der Waals surface area contributed by atoms with Crippen molar-refractivity contribution in [2.75, 3.05) is 20.8 Å². The average Bonchev–Trinajstić information content (AvgIpc) is 2.28. The van der Waals surface area contributed by atoms with Crippen LogP contribution in [0.15, 0.2) is 0 Å². The summed E-state index contributed by atoms with van der Waals surface area (Å²) in [5, 5.41) is 0. The molecule has 1 atom stereocenters. The van der Waals surface area contributed by atoms with Crippen LogP contribution >= 0.6 is 0 Å². The molecule has 94 valence electrons. The highest BCUT2D eigenvalue weighted by molar-refractivity contribution is 5.81. The monoisotopic (exact) mass is 228 g/mol. The van der Waals surface area contributed by atoms with Crippen molar-refractivity contribution in [1.29, 1.82) is 0 Å². The summed E-state index contributed by atoms with van der Waals surface area (Å²) < 4.78 is 4.91. The fourth-order valence-corrected chi connectivity index (χ4v) is 2.32. The van der Waals surface area contributed by atoms with Crippen molar-refractivity contribution in [1.82, 2.24) is 4.90 Å². The smallest absolute Gasteiger partial charge is 0.241 e. The lowest BCUT2D eigenvalue weighted by molar-refractivity contribution is -0.135. The summed E-state index contributed by atoms with van der Waals surface area (Å²) in [6, 6.07) is -0.152. The molecule has 1 saturated carbocycles. The van der Waals surface area contributed by atoms with E-state index in [1.807, 2.05) is 11.9 Å². The number of ether oxygens (including phenoxy) is 1. The molecule has 0 radical (unpaired) electrons. The molecule has 0 bridgehead atoms. The second-order valence-electron chi connectivity index (χ2n) is 4.92. The fourth-order valence-electron chi connectivity index (χ4n) is 2.32. The van der Waals surface area contributed by atoms with E-state index < -0.39 is 6.04 Å². The van der Waals surface area contributed by atoms with Crippen molar-refractivity contribution in [3.63, 3.8) is 0 Å². The maximum atomic E-state index is 11.9. The predicted octanol–water partition coefficient (Wildman–Crippen LogP) is 0.997. The zero-order valence-corrected chi connectivity index (χ0v) is 10.6. The highest BCUT2D eigenvalue weighted by atomic mass is 16.5. The van der Waals surface area contributed by atoms with Crippen LogP contribution in [0, 0.1) is 5.92 Å². The number of amides is 1. The number of hydrogen-bond acceptors (Lipinski definition) is 3. The lowest BCUT2D eigenvalue weighted by Crippen LogP contribution is -2.49. The fraction of sp³-hybridized carbons (Fsp3) is 0.917. The van der Waals surface area contributed by atoms with Crippen LogP contribution < -0.4 is 5.73 Å². The van der Waals surface area contributed by atoms with Crippen LogP contribution in [0.4, 0.5) is 0 Å². The van der Waals surface area contributed by atoms with Crippen molar-refractivity contribution in [2.24, 2.45) is 11.7 Å². The Kier molecular flexibility index (Phi) is 5.22. The normalized spacial score (nSPS) is 27.5. The van der Waals surface area contributed by atoms with Gasteiger partial charge in [-0.25, -0.2) is 0 Å². The molecule has 0 heterocycles. The van der Waals surface area contributed by atoms with Gasteiger partial charge in [0, 0.05) is 20.2 Å². The maximum absolute atomic E-state index is 11.9. The Balaban J connectivity index is 2.44. The van der Waals surface area contributed by atoms with Gasteiger partial charge in [-0.05, 0) is 31.6 Å². The summed E-state index contributed by atoms with van der Waals surface area (Å²) in [5.41, 5.74) is 5.75. The van der Waals surface area contributed by atoms with E-state index in [2.05, 4.69) is 6.92 Å². The highest BCUT2D eigenvalue weighted by Crippen LogP contribution is 2.26. The highest BCUT2D eigenvalue weighted by Gasteiger charge is 2.27. The van der Waals surface area contributed by atoms with Gasteiger partial charge in [0.05, 0.1) is 6.61 Å². The molecule has 1 aliphatic rings. The van der Waals surface area contributed by atoms with E-state index >= 15 is 0 Å². The summed E-state index contributed by atoms with van der Waals surface area (Å²) in [6.45, 7) is 2.57. The molecule has 0 aromatic rings.